The molecule has 0 radical (unpaired) electrons. The molecule has 0 aliphatic heterocycles. The van der Waals surface area contributed by atoms with Gasteiger partial charge in [0.25, 0.3) is 0 Å². The number of rotatable bonds is 14. The fraction of sp³-hybridized carbons (Fsp3) is 0.310. The highest BCUT2D eigenvalue weighted by molar-refractivity contribution is 5.88. The van der Waals surface area contributed by atoms with Crippen LogP contribution in [0.15, 0.2) is 79.0 Å². The predicted octanol–water partition coefficient (Wildman–Crippen LogP) is 4.56. The molecule has 0 saturated carbocycles. The van der Waals surface area contributed by atoms with Crippen LogP contribution in [0.4, 0.5) is 5.82 Å². The van der Waals surface area contributed by atoms with Gasteiger partial charge in [-0.05, 0) is 41.7 Å². The standard InChI is InChI=1S/C29H34N4O4/c1-2-9-24(32-27(34)13-8-19-31-26-12-6-7-18-30-26)29(37)33-25(20-28(35)36)23-16-14-22(15-17-23)21-10-4-3-5-11-21/h3-7,10-12,14-18,24-25H,2,8-9,13,19-20H2,1H3,(H,30,31)(H,32,34)(H,33,37)(H,35,36)/t24-,25?/m0/s1. The third kappa shape index (κ3) is 9.07. The number of carbonyl (C=O) groups excluding carboxylic acids is 2. The Labute approximate surface area is 217 Å². The normalized spacial score (nSPS) is 12.2. The van der Waals surface area contributed by atoms with Crippen molar-refractivity contribution in [2.75, 3.05) is 11.9 Å². The number of nitrogens with one attached hydrogen (secondary N) is 3. The Morgan fingerprint density at radius 3 is 2.24 bits per heavy atom. The Hall–Kier alpha value is -4.20. The Morgan fingerprint density at radius 2 is 1.59 bits per heavy atom. The average molecular weight is 503 g/mol. The third-order valence-corrected chi connectivity index (χ3v) is 5.90. The number of carboxylic acids is 1. The minimum absolute atomic E-state index is 0.224. The van der Waals surface area contributed by atoms with Crippen molar-refractivity contribution >= 4 is 23.6 Å². The third-order valence-electron chi connectivity index (χ3n) is 5.90. The van der Waals surface area contributed by atoms with Gasteiger partial charge in [-0.25, -0.2) is 4.98 Å². The molecule has 4 N–H and O–H groups in total. The van der Waals surface area contributed by atoms with Crippen molar-refractivity contribution in [3.8, 4) is 11.1 Å². The number of carboxylic acid groups (broad SMARTS) is 1. The van der Waals surface area contributed by atoms with Crippen LogP contribution in [0, 0.1) is 0 Å². The molecule has 0 saturated heterocycles. The highest BCUT2D eigenvalue weighted by Crippen LogP contribution is 2.23. The molecule has 2 aromatic carbocycles. The summed E-state index contributed by atoms with van der Waals surface area (Å²) in [4.78, 5) is 41.3. The highest BCUT2D eigenvalue weighted by atomic mass is 16.4. The Balaban J connectivity index is 1.58. The van der Waals surface area contributed by atoms with Gasteiger partial charge in [0.15, 0.2) is 0 Å². The number of hydrogen-bond acceptors (Lipinski definition) is 5. The molecule has 0 spiro atoms. The molecule has 37 heavy (non-hydrogen) atoms. The number of aliphatic carboxylic acids is 1. The number of pyridine rings is 1. The minimum atomic E-state index is -1.02. The number of benzene rings is 2. The lowest BCUT2D eigenvalue weighted by molar-refractivity contribution is -0.138. The zero-order valence-corrected chi connectivity index (χ0v) is 21.0. The van der Waals surface area contributed by atoms with Crippen LogP contribution in [-0.2, 0) is 14.4 Å². The number of amides is 2. The summed E-state index contributed by atoms with van der Waals surface area (Å²) in [5, 5.41) is 18.3. The monoisotopic (exact) mass is 502 g/mol. The zero-order valence-electron chi connectivity index (χ0n) is 21.0. The van der Waals surface area contributed by atoms with E-state index in [0.29, 0.717) is 31.4 Å². The van der Waals surface area contributed by atoms with Gasteiger partial charge < -0.3 is 21.1 Å². The molecule has 0 aliphatic rings. The van der Waals surface area contributed by atoms with Crippen molar-refractivity contribution in [1.82, 2.24) is 15.6 Å². The van der Waals surface area contributed by atoms with Crippen LogP contribution < -0.4 is 16.0 Å². The van der Waals surface area contributed by atoms with Crippen LogP contribution in [0.3, 0.4) is 0 Å². The Morgan fingerprint density at radius 1 is 0.892 bits per heavy atom. The van der Waals surface area contributed by atoms with Crippen molar-refractivity contribution in [3.63, 3.8) is 0 Å². The van der Waals surface area contributed by atoms with E-state index in [4.69, 9.17) is 0 Å². The first-order valence-electron chi connectivity index (χ1n) is 12.6. The molecule has 8 nitrogen and oxygen atoms in total. The molecule has 0 bridgehead atoms. The van der Waals surface area contributed by atoms with E-state index in [-0.39, 0.29) is 24.7 Å². The summed E-state index contributed by atoms with van der Waals surface area (Å²) in [6.45, 7) is 2.51. The number of aromatic nitrogens is 1. The van der Waals surface area contributed by atoms with E-state index >= 15 is 0 Å². The van der Waals surface area contributed by atoms with Gasteiger partial charge in [0.1, 0.15) is 11.9 Å². The molecular formula is C29H34N4O4. The Kier molecular flexibility index (Phi) is 10.6. The van der Waals surface area contributed by atoms with E-state index in [0.717, 1.165) is 16.9 Å². The molecule has 1 unspecified atom stereocenters. The van der Waals surface area contributed by atoms with Gasteiger partial charge in [-0.3, -0.25) is 14.4 Å². The molecule has 0 fully saturated rings. The SMILES string of the molecule is CCC[C@H](NC(=O)CCCNc1ccccn1)C(=O)NC(CC(=O)O)c1ccc(-c2ccccc2)cc1. The molecule has 3 rings (SSSR count). The quantitative estimate of drug-likeness (QED) is 0.240. The van der Waals surface area contributed by atoms with Gasteiger partial charge in [-0.1, -0.05) is 74.0 Å². The summed E-state index contributed by atoms with van der Waals surface area (Å²) in [5.41, 5.74) is 2.74. The van der Waals surface area contributed by atoms with E-state index < -0.39 is 18.1 Å². The fourth-order valence-electron chi connectivity index (χ4n) is 3.99. The van der Waals surface area contributed by atoms with Gasteiger partial charge in [0.05, 0.1) is 12.5 Å². The number of nitrogens with zero attached hydrogens (tertiary/aromatic N) is 1. The van der Waals surface area contributed by atoms with Crippen LogP contribution >= 0.6 is 0 Å². The molecule has 0 aliphatic carbocycles. The topological polar surface area (TPSA) is 120 Å². The van der Waals surface area contributed by atoms with Crippen molar-refractivity contribution < 1.29 is 19.5 Å². The van der Waals surface area contributed by atoms with Crippen molar-refractivity contribution in [2.24, 2.45) is 0 Å². The number of anilines is 1. The summed E-state index contributed by atoms with van der Waals surface area (Å²) in [7, 11) is 0. The molecule has 8 heteroatoms. The van der Waals surface area contributed by atoms with Crippen LogP contribution in [0.2, 0.25) is 0 Å². The smallest absolute Gasteiger partial charge is 0.305 e. The summed E-state index contributed by atoms with van der Waals surface area (Å²) >= 11 is 0. The maximum atomic E-state index is 13.1. The van der Waals surface area contributed by atoms with E-state index in [1.807, 2.05) is 79.7 Å². The van der Waals surface area contributed by atoms with Crippen molar-refractivity contribution in [1.29, 1.82) is 0 Å². The summed E-state index contributed by atoms with van der Waals surface area (Å²) in [5.74, 6) is -0.889. The van der Waals surface area contributed by atoms with Gasteiger partial charge in [0.2, 0.25) is 11.8 Å². The maximum Gasteiger partial charge on any atom is 0.305 e. The zero-order chi connectivity index (χ0) is 26.5. The first kappa shape index (κ1) is 27.4. The second-order valence-electron chi connectivity index (χ2n) is 8.80. The minimum Gasteiger partial charge on any atom is -0.481 e. The molecule has 1 heterocycles. The summed E-state index contributed by atoms with van der Waals surface area (Å²) < 4.78 is 0. The van der Waals surface area contributed by atoms with E-state index in [1.165, 1.54) is 0 Å². The fourth-order valence-corrected chi connectivity index (χ4v) is 3.99. The molecule has 194 valence electrons. The van der Waals surface area contributed by atoms with Crippen LogP contribution in [-0.4, -0.2) is 40.5 Å². The second-order valence-corrected chi connectivity index (χ2v) is 8.80. The molecule has 1 aromatic heterocycles. The van der Waals surface area contributed by atoms with Crippen LogP contribution in [0.5, 0.6) is 0 Å². The molecular weight excluding hydrogens is 468 g/mol. The van der Waals surface area contributed by atoms with Gasteiger partial charge in [-0.2, -0.15) is 0 Å². The van der Waals surface area contributed by atoms with Gasteiger partial charge in [0, 0.05) is 19.2 Å². The first-order valence-corrected chi connectivity index (χ1v) is 12.6. The lowest BCUT2D eigenvalue weighted by atomic mass is 9.98. The lowest BCUT2D eigenvalue weighted by Gasteiger charge is -2.23. The first-order chi connectivity index (χ1) is 18.0. The molecule has 2 amide bonds. The average Bonchev–Trinajstić information content (AvgIpc) is 2.91. The summed E-state index contributed by atoms with van der Waals surface area (Å²) in [6, 6.07) is 21.5. The molecule has 2 atom stereocenters. The van der Waals surface area contributed by atoms with E-state index in [1.54, 1.807) is 6.20 Å². The highest BCUT2D eigenvalue weighted by Gasteiger charge is 2.25. The largest absolute Gasteiger partial charge is 0.481 e. The van der Waals surface area contributed by atoms with E-state index in [9.17, 15) is 19.5 Å². The van der Waals surface area contributed by atoms with Gasteiger partial charge >= 0.3 is 5.97 Å². The van der Waals surface area contributed by atoms with Crippen molar-refractivity contribution in [3.05, 3.63) is 84.6 Å². The molecule has 3 aromatic rings. The second kappa shape index (κ2) is 14.4. The van der Waals surface area contributed by atoms with Crippen molar-refractivity contribution in [2.45, 2.75) is 51.1 Å². The Bertz CT molecular complexity index is 1140. The maximum absolute atomic E-state index is 13.1. The predicted molar refractivity (Wildman–Crippen MR) is 144 cm³/mol. The number of carbonyl (C=O) groups is 3. The lowest BCUT2D eigenvalue weighted by Crippen LogP contribution is -2.47. The summed E-state index contributed by atoms with van der Waals surface area (Å²) in [6.07, 6.45) is 3.41. The van der Waals surface area contributed by atoms with Crippen LogP contribution in [0.25, 0.3) is 11.1 Å². The van der Waals surface area contributed by atoms with Gasteiger partial charge in [-0.15, -0.1) is 0 Å². The van der Waals surface area contributed by atoms with E-state index in [2.05, 4.69) is 20.9 Å². The number of hydrogen-bond donors (Lipinski definition) is 4. The van der Waals surface area contributed by atoms with Crippen LogP contribution in [0.1, 0.15) is 50.6 Å².